The molecule has 1 aliphatic heterocycles. The van der Waals surface area contributed by atoms with Crippen LogP contribution >= 0.6 is 0 Å². The Labute approximate surface area is 158 Å². The molecule has 0 saturated carbocycles. The summed E-state index contributed by atoms with van der Waals surface area (Å²) in [5.41, 5.74) is 12.3. The number of nitrogens with zero attached hydrogens (tertiary/aromatic N) is 2. The van der Waals surface area contributed by atoms with E-state index in [0.29, 0.717) is 23.0 Å². The Kier molecular flexibility index (Phi) is 4.50. The van der Waals surface area contributed by atoms with Crippen LogP contribution in [0.25, 0.3) is 0 Å². The number of anilines is 4. The highest BCUT2D eigenvalue weighted by Crippen LogP contribution is 2.35. The van der Waals surface area contributed by atoms with Gasteiger partial charge in [-0.15, -0.1) is 0 Å². The van der Waals surface area contributed by atoms with Crippen LogP contribution in [0.1, 0.15) is 10.4 Å². The van der Waals surface area contributed by atoms with E-state index in [9.17, 15) is 9.18 Å². The van der Waals surface area contributed by atoms with Crippen LogP contribution < -0.4 is 31.4 Å². The second-order valence-electron chi connectivity index (χ2n) is 5.76. The molecule has 2 heterocycles. The molecule has 0 bridgehead atoms. The van der Waals surface area contributed by atoms with Crippen molar-refractivity contribution in [2.45, 2.75) is 0 Å². The minimum atomic E-state index is -0.469. The molecule has 4 rings (SSSR count). The van der Waals surface area contributed by atoms with Gasteiger partial charge in [0.1, 0.15) is 17.8 Å². The van der Waals surface area contributed by atoms with Crippen molar-refractivity contribution in [1.29, 1.82) is 0 Å². The van der Waals surface area contributed by atoms with Gasteiger partial charge >= 0.3 is 0 Å². The number of benzene rings is 2. The van der Waals surface area contributed by atoms with Gasteiger partial charge in [0.05, 0.1) is 0 Å². The number of amides is 1. The SMILES string of the molecule is Nc1c(NNC(=O)c2ccc(F)cc2)ncnc1Nc1ccc2c(c1)OCO2. The van der Waals surface area contributed by atoms with Crippen molar-refractivity contribution < 1.29 is 18.7 Å². The van der Waals surface area contributed by atoms with Crippen molar-refractivity contribution in [2.75, 3.05) is 23.3 Å². The highest BCUT2D eigenvalue weighted by atomic mass is 19.1. The average molecular weight is 382 g/mol. The van der Waals surface area contributed by atoms with Gasteiger partial charge in [-0.1, -0.05) is 0 Å². The maximum Gasteiger partial charge on any atom is 0.269 e. The van der Waals surface area contributed by atoms with Crippen molar-refractivity contribution in [2.24, 2.45) is 0 Å². The van der Waals surface area contributed by atoms with Gasteiger partial charge in [0.2, 0.25) is 6.79 Å². The number of rotatable bonds is 5. The van der Waals surface area contributed by atoms with Gasteiger partial charge in [-0.05, 0) is 36.4 Å². The van der Waals surface area contributed by atoms with Crippen molar-refractivity contribution in [3.8, 4) is 11.5 Å². The van der Waals surface area contributed by atoms with E-state index < -0.39 is 11.7 Å². The molecule has 1 aromatic heterocycles. The number of halogens is 1. The summed E-state index contributed by atoms with van der Waals surface area (Å²) < 4.78 is 23.6. The number of hydrogen-bond donors (Lipinski definition) is 4. The van der Waals surface area contributed by atoms with Gasteiger partial charge in [0.15, 0.2) is 23.1 Å². The van der Waals surface area contributed by atoms with Gasteiger partial charge in [-0.25, -0.2) is 14.4 Å². The van der Waals surface area contributed by atoms with Crippen molar-refractivity contribution >= 4 is 28.9 Å². The first-order chi connectivity index (χ1) is 13.6. The van der Waals surface area contributed by atoms with E-state index in [1.165, 1.54) is 30.6 Å². The number of hydrazine groups is 1. The van der Waals surface area contributed by atoms with Crippen LogP contribution in [0.4, 0.5) is 27.4 Å². The normalized spacial score (nSPS) is 11.8. The molecule has 0 aliphatic carbocycles. The lowest BCUT2D eigenvalue weighted by molar-refractivity contribution is 0.0962. The van der Waals surface area contributed by atoms with E-state index in [2.05, 4.69) is 26.1 Å². The second-order valence-corrected chi connectivity index (χ2v) is 5.76. The zero-order valence-electron chi connectivity index (χ0n) is 14.4. The van der Waals surface area contributed by atoms with Crippen LogP contribution in [0.5, 0.6) is 11.5 Å². The molecule has 1 amide bonds. The molecular weight excluding hydrogens is 367 g/mol. The quantitative estimate of drug-likeness (QED) is 0.496. The Morgan fingerprint density at radius 2 is 1.79 bits per heavy atom. The van der Waals surface area contributed by atoms with Gasteiger partial charge < -0.3 is 20.5 Å². The number of nitrogens with one attached hydrogen (secondary N) is 3. The van der Waals surface area contributed by atoms with Gasteiger partial charge in [-0.3, -0.25) is 15.6 Å². The van der Waals surface area contributed by atoms with Crippen LogP contribution in [0.3, 0.4) is 0 Å². The van der Waals surface area contributed by atoms with Crippen LogP contribution in [0.2, 0.25) is 0 Å². The van der Waals surface area contributed by atoms with E-state index in [-0.39, 0.29) is 23.9 Å². The largest absolute Gasteiger partial charge is 0.454 e. The molecule has 0 atom stereocenters. The zero-order chi connectivity index (χ0) is 19.5. The minimum Gasteiger partial charge on any atom is -0.454 e. The van der Waals surface area contributed by atoms with Crippen molar-refractivity contribution in [1.82, 2.24) is 15.4 Å². The molecular formula is C18H15FN6O3. The Balaban J connectivity index is 1.46. The minimum absolute atomic E-state index is 0.177. The number of fused-ring (bicyclic) bond motifs is 1. The fourth-order valence-corrected chi connectivity index (χ4v) is 2.50. The number of nitrogen functional groups attached to an aromatic ring is 1. The molecule has 5 N–H and O–H groups in total. The summed E-state index contributed by atoms with van der Waals surface area (Å²) in [5.74, 6) is 0.919. The number of carbonyl (C=O) groups is 1. The summed E-state index contributed by atoms with van der Waals surface area (Å²) in [6.45, 7) is 0.177. The standard InChI is InChI=1S/C18H15FN6O3/c19-11-3-1-10(2-4-11)18(26)25-24-17-15(20)16(21-8-22-17)23-12-5-6-13-14(7-12)28-9-27-13/h1-8H,9,20H2,(H,25,26)(H2,21,22,23,24). The Morgan fingerprint density at radius 1 is 1.04 bits per heavy atom. The molecule has 0 radical (unpaired) electrons. The molecule has 0 spiro atoms. The van der Waals surface area contributed by atoms with E-state index in [1.54, 1.807) is 18.2 Å². The first kappa shape index (κ1) is 17.3. The summed E-state index contributed by atoms with van der Waals surface area (Å²) in [6.07, 6.45) is 1.29. The molecule has 142 valence electrons. The van der Waals surface area contributed by atoms with Crippen LogP contribution in [-0.4, -0.2) is 22.7 Å². The van der Waals surface area contributed by atoms with Crippen LogP contribution in [0.15, 0.2) is 48.8 Å². The summed E-state index contributed by atoms with van der Waals surface area (Å²) in [6, 6.07) is 10.4. The zero-order valence-corrected chi connectivity index (χ0v) is 14.4. The van der Waals surface area contributed by atoms with Crippen LogP contribution in [0, 0.1) is 5.82 Å². The van der Waals surface area contributed by atoms with Crippen LogP contribution in [-0.2, 0) is 0 Å². The molecule has 28 heavy (non-hydrogen) atoms. The summed E-state index contributed by atoms with van der Waals surface area (Å²) in [7, 11) is 0. The lowest BCUT2D eigenvalue weighted by Crippen LogP contribution is -2.30. The summed E-state index contributed by atoms with van der Waals surface area (Å²) in [4.78, 5) is 20.2. The Bertz CT molecular complexity index is 1030. The fraction of sp³-hybridized carbons (Fsp3) is 0.0556. The van der Waals surface area contributed by atoms with Gasteiger partial charge in [0.25, 0.3) is 5.91 Å². The first-order valence-corrected chi connectivity index (χ1v) is 8.19. The van der Waals surface area contributed by atoms with E-state index in [4.69, 9.17) is 15.2 Å². The lowest BCUT2D eigenvalue weighted by Gasteiger charge is -2.13. The monoisotopic (exact) mass is 382 g/mol. The number of hydrogen-bond acceptors (Lipinski definition) is 8. The van der Waals surface area contributed by atoms with Gasteiger partial charge in [0, 0.05) is 17.3 Å². The maximum absolute atomic E-state index is 12.9. The molecule has 3 aromatic rings. The fourth-order valence-electron chi connectivity index (χ4n) is 2.50. The molecule has 0 saturated heterocycles. The van der Waals surface area contributed by atoms with E-state index in [1.807, 2.05) is 0 Å². The second kappa shape index (κ2) is 7.27. The van der Waals surface area contributed by atoms with E-state index in [0.717, 1.165) is 0 Å². The molecule has 10 heteroatoms. The maximum atomic E-state index is 12.9. The predicted octanol–water partition coefficient (Wildman–Crippen LogP) is 2.43. The highest BCUT2D eigenvalue weighted by Gasteiger charge is 2.15. The highest BCUT2D eigenvalue weighted by molar-refractivity contribution is 5.95. The van der Waals surface area contributed by atoms with E-state index >= 15 is 0 Å². The topological polar surface area (TPSA) is 123 Å². The number of carbonyl (C=O) groups excluding carboxylic acids is 1. The Morgan fingerprint density at radius 3 is 2.61 bits per heavy atom. The third-order valence-electron chi connectivity index (χ3n) is 3.92. The molecule has 1 aliphatic rings. The Hall–Kier alpha value is -4.08. The third kappa shape index (κ3) is 3.56. The number of ether oxygens (including phenoxy) is 2. The third-order valence-corrected chi connectivity index (χ3v) is 3.92. The molecule has 2 aromatic carbocycles. The van der Waals surface area contributed by atoms with Crippen molar-refractivity contribution in [3.05, 3.63) is 60.2 Å². The molecule has 9 nitrogen and oxygen atoms in total. The summed E-state index contributed by atoms with van der Waals surface area (Å²) >= 11 is 0. The number of nitrogens with two attached hydrogens (primary N) is 1. The van der Waals surface area contributed by atoms with Gasteiger partial charge in [-0.2, -0.15) is 0 Å². The summed E-state index contributed by atoms with van der Waals surface area (Å²) in [5, 5.41) is 3.06. The number of aromatic nitrogens is 2. The smallest absolute Gasteiger partial charge is 0.269 e. The average Bonchev–Trinajstić information content (AvgIpc) is 3.17. The molecule has 0 fully saturated rings. The molecule has 0 unspecified atom stereocenters. The lowest BCUT2D eigenvalue weighted by atomic mass is 10.2. The first-order valence-electron chi connectivity index (χ1n) is 8.19. The predicted molar refractivity (Wildman–Crippen MR) is 99.8 cm³/mol. The van der Waals surface area contributed by atoms with Crippen molar-refractivity contribution in [3.63, 3.8) is 0 Å².